The lowest BCUT2D eigenvalue weighted by atomic mass is 10.1. The number of methoxy groups -OCH3 is 1. The fourth-order valence-electron chi connectivity index (χ4n) is 2.84. The van der Waals surface area contributed by atoms with Gasteiger partial charge in [0.05, 0.1) is 11.6 Å². The minimum absolute atomic E-state index is 0. The van der Waals surface area contributed by atoms with E-state index in [1.165, 1.54) is 37.7 Å². The van der Waals surface area contributed by atoms with Crippen LogP contribution in [0.4, 0.5) is 0 Å². The number of ether oxygens (including phenoxy) is 2. The van der Waals surface area contributed by atoms with Crippen molar-refractivity contribution in [3.63, 3.8) is 0 Å². The molecule has 0 aliphatic heterocycles. The third-order valence-electron chi connectivity index (χ3n) is 4.37. The second kappa shape index (κ2) is 14.1. The van der Waals surface area contributed by atoms with Gasteiger partial charge in [0.15, 0.2) is 11.5 Å². The van der Waals surface area contributed by atoms with E-state index in [0.29, 0.717) is 6.61 Å². The Balaban J connectivity index is 0.00000392. The number of nitrogens with one attached hydrogen (secondary N) is 1. The molecule has 2 aromatic carbocycles. The van der Waals surface area contributed by atoms with Crippen molar-refractivity contribution < 1.29 is 9.47 Å². The van der Waals surface area contributed by atoms with Crippen LogP contribution in [0, 0.1) is 0 Å². The van der Waals surface area contributed by atoms with Crippen LogP contribution in [0.5, 0.6) is 11.5 Å². The van der Waals surface area contributed by atoms with Crippen molar-refractivity contribution in [1.29, 1.82) is 0 Å². The summed E-state index contributed by atoms with van der Waals surface area (Å²) in [5.74, 6) is 1.45. The Morgan fingerprint density at radius 3 is 2.39 bits per heavy atom. The smallest absolute Gasteiger partial charge is 0.175 e. The summed E-state index contributed by atoms with van der Waals surface area (Å²) in [6.07, 6.45) is 6.47. The lowest BCUT2D eigenvalue weighted by molar-refractivity contribution is 0.282. The molecule has 0 aliphatic rings. The Hall–Kier alpha value is -0.940. The van der Waals surface area contributed by atoms with E-state index in [1.807, 2.05) is 30.3 Å². The van der Waals surface area contributed by atoms with Crippen LogP contribution >= 0.6 is 39.9 Å². The topological polar surface area (TPSA) is 30.5 Å². The van der Waals surface area contributed by atoms with Gasteiger partial charge < -0.3 is 14.8 Å². The number of benzene rings is 2. The lowest BCUT2D eigenvalue weighted by Gasteiger charge is -2.15. The van der Waals surface area contributed by atoms with Crippen LogP contribution in [-0.2, 0) is 13.2 Å². The number of hydrogen-bond donors (Lipinski definition) is 1. The molecule has 0 bridgehead atoms. The molecule has 0 saturated carbocycles. The number of unbranched alkanes of at least 4 members (excludes halogenated alkanes) is 4. The van der Waals surface area contributed by atoms with E-state index in [0.717, 1.165) is 39.6 Å². The molecule has 0 aromatic heterocycles. The van der Waals surface area contributed by atoms with Gasteiger partial charge in [-0.1, -0.05) is 56.3 Å². The summed E-state index contributed by atoms with van der Waals surface area (Å²) in [5.41, 5.74) is 2.23. The molecule has 0 radical (unpaired) electrons. The van der Waals surface area contributed by atoms with Gasteiger partial charge >= 0.3 is 0 Å². The van der Waals surface area contributed by atoms with E-state index in [2.05, 4.69) is 34.2 Å². The minimum Gasteiger partial charge on any atom is -0.493 e. The molecule has 0 saturated heterocycles. The van der Waals surface area contributed by atoms with Crippen LogP contribution in [-0.4, -0.2) is 13.7 Å². The van der Waals surface area contributed by atoms with Crippen molar-refractivity contribution in [2.75, 3.05) is 13.7 Å². The fourth-order valence-corrected chi connectivity index (χ4v) is 3.57. The molecular formula is C22H30BrCl2NO2. The van der Waals surface area contributed by atoms with E-state index >= 15 is 0 Å². The summed E-state index contributed by atoms with van der Waals surface area (Å²) in [6.45, 7) is 4.56. The van der Waals surface area contributed by atoms with Crippen molar-refractivity contribution in [3.05, 3.63) is 57.0 Å². The number of halogens is 3. The molecule has 0 spiro atoms. The summed E-state index contributed by atoms with van der Waals surface area (Å²) in [5, 5.41) is 4.23. The van der Waals surface area contributed by atoms with E-state index in [-0.39, 0.29) is 12.4 Å². The monoisotopic (exact) mass is 489 g/mol. The molecule has 2 rings (SSSR count). The first-order valence-corrected chi connectivity index (χ1v) is 10.8. The van der Waals surface area contributed by atoms with Gasteiger partial charge in [-0.3, -0.25) is 0 Å². The average molecular weight is 491 g/mol. The molecule has 2 aromatic rings. The highest BCUT2D eigenvalue weighted by molar-refractivity contribution is 9.10. The van der Waals surface area contributed by atoms with Crippen molar-refractivity contribution in [3.8, 4) is 11.5 Å². The highest BCUT2D eigenvalue weighted by Crippen LogP contribution is 2.37. The Bertz CT molecular complexity index is 696. The minimum atomic E-state index is 0. The van der Waals surface area contributed by atoms with Gasteiger partial charge in [-0.15, -0.1) is 12.4 Å². The zero-order valence-electron chi connectivity index (χ0n) is 16.6. The van der Waals surface area contributed by atoms with E-state index in [4.69, 9.17) is 21.1 Å². The first-order valence-electron chi connectivity index (χ1n) is 9.58. The molecule has 0 heterocycles. The molecule has 0 atom stereocenters. The Kier molecular flexibility index (Phi) is 12.6. The maximum atomic E-state index is 5.98. The van der Waals surface area contributed by atoms with Crippen LogP contribution in [0.15, 0.2) is 40.9 Å². The van der Waals surface area contributed by atoms with E-state index in [9.17, 15) is 0 Å². The highest BCUT2D eigenvalue weighted by atomic mass is 79.9. The predicted molar refractivity (Wildman–Crippen MR) is 124 cm³/mol. The molecule has 0 unspecified atom stereocenters. The fraction of sp³-hybridized carbons (Fsp3) is 0.455. The molecular weight excluding hydrogens is 461 g/mol. The second-order valence-corrected chi connectivity index (χ2v) is 7.91. The second-order valence-electron chi connectivity index (χ2n) is 6.62. The van der Waals surface area contributed by atoms with Crippen LogP contribution in [0.3, 0.4) is 0 Å². The molecule has 1 N–H and O–H groups in total. The Labute approximate surface area is 188 Å². The third-order valence-corrected chi connectivity index (χ3v) is 5.21. The standard InChI is InChI=1S/C22H29BrClNO2.ClH/c1-3-4-5-6-7-12-25-15-18-13-20(23)22(21(14-18)26-2)27-16-17-8-10-19(24)11-9-17;/h8-11,13-14,25H,3-7,12,15-16H2,1-2H3;1H. The molecule has 156 valence electrons. The van der Waals surface area contributed by atoms with Crippen LogP contribution in [0.2, 0.25) is 5.02 Å². The van der Waals surface area contributed by atoms with Gasteiger partial charge in [0, 0.05) is 11.6 Å². The predicted octanol–water partition coefficient (Wildman–Crippen LogP) is 7.17. The zero-order valence-corrected chi connectivity index (χ0v) is 19.8. The van der Waals surface area contributed by atoms with Gasteiger partial charge in [0.2, 0.25) is 0 Å². The van der Waals surface area contributed by atoms with Crippen LogP contribution in [0.1, 0.15) is 50.2 Å². The Morgan fingerprint density at radius 2 is 1.71 bits per heavy atom. The first-order chi connectivity index (χ1) is 13.1. The van der Waals surface area contributed by atoms with Gasteiger partial charge in [-0.25, -0.2) is 0 Å². The molecule has 6 heteroatoms. The number of hydrogen-bond acceptors (Lipinski definition) is 3. The summed E-state index contributed by atoms with van der Waals surface area (Å²) in [6, 6.07) is 11.8. The van der Waals surface area contributed by atoms with Crippen LogP contribution < -0.4 is 14.8 Å². The summed E-state index contributed by atoms with van der Waals surface area (Å²) in [7, 11) is 1.67. The molecule has 3 nitrogen and oxygen atoms in total. The quantitative estimate of drug-likeness (QED) is 0.320. The SMILES string of the molecule is CCCCCCCNCc1cc(Br)c(OCc2ccc(Cl)cc2)c(OC)c1.Cl. The average Bonchev–Trinajstić information content (AvgIpc) is 2.67. The molecule has 0 amide bonds. The Morgan fingerprint density at radius 1 is 1.00 bits per heavy atom. The van der Waals surface area contributed by atoms with E-state index < -0.39 is 0 Å². The van der Waals surface area contributed by atoms with Crippen molar-refractivity contribution in [2.45, 2.75) is 52.2 Å². The summed E-state index contributed by atoms with van der Waals surface area (Å²) in [4.78, 5) is 0. The molecule has 0 fully saturated rings. The molecule has 0 aliphatic carbocycles. The first kappa shape index (κ1) is 25.1. The largest absolute Gasteiger partial charge is 0.493 e. The molecule has 28 heavy (non-hydrogen) atoms. The van der Waals surface area contributed by atoms with Gasteiger partial charge in [0.25, 0.3) is 0 Å². The third kappa shape index (κ3) is 8.60. The van der Waals surface area contributed by atoms with E-state index in [1.54, 1.807) is 7.11 Å². The van der Waals surface area contributed by atoms with Crippen molar-refractivity contribution in [1.82, 2.24) is 5.32 Å². The van der Waals surface area contributed by atoms with Gasteiger partial charge in [0.1, 0.15) is 6.61 Å². The summed E-state index contributed by atoms with van der Waals surface area (Å²) >= 11 is 9.55. The van der Waals surface area contributed by atoms with Gasteiger partial charge in [-0.05, 0) is 64.3 Å². The number of rotatable bonds is 12. The maximum Gasteiger partial charge on any atom is 0.175 e. The van der Waals surface area contributed by atoms with Gasteiger partial charge in [-0.2, -0.15) is 0 Å². The highest BCUT2D eigenvalue weighted by Gasteiger charge is 2.12. The van der Waals surface area contributed by atoms with Crippen molar-refractivity contribution >= 4 is 39.9 Å². The lowest BCUT2D eigenvalue weighted by Crippen LogP contribution is -2.14. The zero-order chi connectivity index (χ0) is 19.5. The summed E-state index contributed by atoms with van der Waals surface area (Å²) < 4.78 is 12.4. The van der Waals surface area contributed by atoms with Crippen molar-refractivity contribution in [2.24, 2.45) is 0 Å². The maximum absolute atomic E-state index is 5.98. The normalized spacial score (nSPS) is 10.4. The van der Waals surface area contributed by atoms with Crippen LogP contribution in [0.25, 0.3) is 0 Å².